The predicted molar refractivity (Wildman–Crippen MR) is 86.6 cm³/mol. The molecule has 1 aromatic carbocycles. The molecular formula is C15H14INOS. The first-order valence-electron chi connectivity index (χ1n) is 6.29. The largest absolute Gasteiger partial charge is 0.331 e. The Bertz CT molecular complexity index is 622. The summed E-state index contributed by atoms with van der Waals surface area (Å²) in [5.74, 6) is 0.142. The van der Waals surface area contributed by atoms with E-state index in [1.54, 1.807) is 11.3 Å². The van der Waals surface area contributed by atoms with Crippen LogP contribution >= 0.6 is 33.9 Å². The Labute approximate surface area is 130 Å². The molecule has 1 amide bonds. The molecule has 1 atom stereocenters. The number of thiophene rings is 1. The van der Waals surface area contributed by atoms with Crippen LogP contribution in [-0.4, -0.2) is 17.4 Å². The lowest BCUT2D eigenvalue weighted by Gasteiger charge is -2.33. The average Bonchev–Trinajstić information content (AvgIpc) is 2.88. The van der Waals surface area contributed by atoms with Crippen LogP contribution in [0.1, 0.15) is 33.8 Å². The standard InChI is InChI=1S/C15H14INOS/c1-10-13-6-8-19-14(13)5-7-17(10)15(18)11-3-2-4-12(16)9-11/h2-4,6,8-10H,5,7H2,1H3/t10-/m0/s1. The summed E-state index contributed by atoms with van der Waals surface area (Å²) in [6.07, 6.45) is 0.979. The van der Waals surface area contributed by atoms with E-state index in [-0.39, 0.29) is 11.9 Å². The maximum absolute atomic E-state index is 12.6. The van der Waals surface area contributed by atoms with Crippen molar-refractivity contribution in [2.24, 2.45) is 0 Å². The first-order valence-corrected chi connectivity index (χ1v) is 8.25. The quantitative estimate of drug-likeness (QED) is 0.679. The number of fused-ring (bicyclic) bond motifs is 1. The summed E-state index contributed by atoms with van der Waals surface area (Å²) in [7, 11) is 0. The van der Waals surface area contributed by atoms with Gasteiger partial charge in [-0.05, 0) is 71.1 Å². The molecule has 3 rings (SSSR count). The SMILES string of the molecule is C[C@H]1c2ccsc2CCN1C(=O)c1cccc(I)c1. The fraction of sp³-hybridized carbons (Fsp3) is 0.267. The van der Waals surface area contributed by atoms with E-state index in [0.717, 1.165) is 22.1 Å². The molecule has 0 saturated carbocycles. The maximum Gasteiger partial charge on any atom is 0.254 e. The molecule has 1 aromatic heterocycles. The second kappa shape index (κ2) is 5.25. The molecule has 2 aromatic rings. The van der Waals surface area contributed by atoms with Gasteiger partial charge < -0.3 is 4.90 Å². The zero-order valence-corrected chi connectivity index (χ0v) is 13.6. The smallest absolute Gasteiger partial charge is 0.254 e. The third-order valence-electron chi connectivity index (χ3n) is 3.61. The van der Waals surface area contributed by atoms with Gasteiger partial charge in [-0.1, -0.05) is 6.07 Å². The van der Waals surface area contributed by atoms with Crippen molar-refractivity contribution in [1.29, 1.82) is 0 Å². The minimum absolute atomic E-state index is 0.142. The highest BCUT2D eigenvalue weighted by Crippen LogP contribution is 2.33. The van der Waals surface area contributed by atoms with Crippen LogP contribution in [0.3, 0.4) is 0 Å². The van der Waals surface area contributed by atoms with E-state index in [9.17, 15) is 4.79 Å². The normalized spacial score (nSPS) is 18.2. The molecule has 1 aliphatic rings. The molecule has 0 bridgehead atoms. The van der Waals surface area contributed by atoms with Gasteiger partial charge in [-0.2, -0.15) is 0 Å². The molecule has 0 aliphatic carbocycles. The molecule has 2 heterocycles. The van der Waals surface area contributed by atoms with Crippen molar-refractivity contribution in [2.45, 2.75) is 19.4 Å². The lowest BCUT2D eigenvalue weighted by atomic mass is 10.0. The zero-order chi connectivity index (χ0) is 13.4. The van der Waals surface area contributed by atoms with Gasteiger partial charge in [0.05, 0.1) is 6.04 Å². The monoisotopic (exact) mass is 383 g/mol. The van der Waals surface area contributed by atoms with Gasteiger partial charge in [0.25, 0.3) is 5.91 Å². The number of rotatable bonds is 1. The number of hydrogen-bond donors (Lipinski definition) is 0. The van der Waals surface area contributed by atoms with Crippen molar-refractivity contribution in [3.63, 3.8) is 0 Å². The molecule has 0 saturated heterocycles. The fourth-order valence-corrected chi connectivity index (χ4v) is 4.08. The highest BCUT2D eigenvalue weighted by Gasteiger charge is 2.28. The predicted octanol–water partition coefficient (Wildman–Crippen LogP) is 4.11. The molecule has 1 aliphatic heterocycles. The van der Waals surface area contributed by atoms with Gasteiger partial charge in [0.2, 0.25) is 0 Å². The van der Waals surface area contributed by atoms with Crippen LogP contribution < -0.4 is 0 Å². The van der Waals surface area contributed by atoms with Gasteiger partial charge in [-0.3, -0.25) is 4.79 Å². The Hall–Kier alpha value is -0.880. The lowest BCUT2D eigenvalue weighted by Crippen LogP contribution is -2.38. The minimum Gasteiger partial charge on any atom is -0.331 e. The van der Waals surface area contributed by atoms with Crippen LogP contribution in [0.5, 0.6) is 0 Å². The molecule has 2 nitrogen and oxygen atoms in total. The number of carbonyl (C=O) groups is 1. The Morgan fingerprint density at radius 3 is 3.05 bits per heavy atom. The van der Waals surface area contributed by atoms with Gasteiger partial charge in [0.1, 0.15) is 0 Å². The maximum atomic E-state index is 12.6. The summed E-state index contributed by atoms with van der Waals surface area (Å²) in [6, 6.07) is 10.1. The fourth-order valence-electron chi connectivity index (χ4n) is 2.57. The van der Waals surface area contributed by atoms with Gasteiger partial charge in [0.15, 0.2) is 0 Å². The third kappa shape index (κ3) is 2.43. The molecule has 98 valence electrons. The second-order valence-corrected chi connectivity index (χ2v) is 6.98. The summed E-state index contributed by atoms with van der Waals surface area (Å²) in [4.78, 5) is 16.0. The Morgan fingerprint density at radius 1 is 1.42 bits per heavy atom. The number of nitrogens with zero attached hydrogens (tertiary/aromatic N) is 1. The molecule has 0 N–H and O–H groups in total. The number of amides is 1. The summed E-state index contributed by atoms with van der Waals surface area (Å²) >= 11 is 4.05. The van der Waals surface area contributed by atoms with Crippen molar-refractivity contribution < 1.29 is 4.79 Å². The van der Waals surface area contributed by atoms with E-state index in [1.807, 2.05) is 29.2 Å². The highest BCUT2D eigenvalue weighted by atomic mass is 127. The molecule has 0 spiro atoms. The van der Waals surface area contributed by atoms with Crippen LogP contribution in [0.15, 0.2) is 35.7 Å². The number of hydrogen-bond acceptors (Lipinski definition) is 2. The Balaban J connectivity index is 1.90. The van der Waals surface area contributed by atoms with Gasteiger partial charge in [-0.15, -0.1) is 11.3 Å². The molecule has 0 unspecified atom stereocenters. The topological polar surface area (TPSA) is 20.3 Å². The van der Waals surface area contributed by atoms with Crippen molar-refractivity contribution in [1.82, 2.24) is 4.90 Å². The van der Waals surface area contributed by atoms with Gasteiger partial charge >= 0.3 is 0 Å². The van der Waals surface area contributed by atoms with E-state index >= 15 is 0 Å². The van der Waals surface area contributed by atoms with Crippen molar-refractivity contribution in [3.05, 3.63) is 55.3 Å². The molecule has 19 heavy (non-hydrogen) atoms. The molecule has 4 heteroatoms. The first-order chi connectivity index (χ1) is 9.16. The second-order valence-electron chi connectivity index (χ2n) is 4.73. The van der Waals surface area contributed by atoms with Crippen LogP contribution in [-0.2, 0) is 6.42 Å². The summed E-state index contributed by atoms with van der Waals surface area (Å²) in [5, 5.41) is 2.13. The van der Waals surface area contributed by atoms with E-state index in [2.05, 4.69) is 41.0 Å². The summed E-state index contributed by atoms with van der Waals surface area (Å²) < 4.78 is 1.10. The lowest BCUT2D eigenvalue weighted by molar-refractivity contribution is 0.0679. The van der Waals surface area contributed by atoms with Crippen LogP contribution in [0, 0.1) is 3.57 Å². The molecule has 0 fully saturated rings. The first kappa shape index (κ1) is 13.1. The number of carbonyl (C=O) groups excluding carboxylic acids is 1. The Morgan fingerprint density at radius 2 is 2.26 bits per heavy atom. The van der Waals surface area contributed by atoms with Crippen molar-refractivity contribution in [3.8, 4) is 0 Å². The highest BCUT2D eigenvalue weighted by molar-refractivity contribution is 14.1. The summed E-state index contributed by atoms with van der Waals surface area (Å²) in [5.41, 5.74) is 2.10. The third-order valence-corrected chi connectivity index (χ3v) is 5.28. The molecular weight excluding hydrogens is 369 g/mol. The van der Waals surface area contributed by atoms with Crippen LogP contribution in [0.25, 0.3) is 0 Å². The minimum atomic E-state index is 0.142. The zero-order valence-electron chi connectivity index (χ0n) is 10.6. The van der Waals surface area contributed by atoms with E-state index in [4.69, 9.17) is 0 Å². The van der Waals surface area contributed by atoms with E-state index in [1.165, 1.54) is 10.4 Å². The van der Waals surface area contributed by atoms with E-state index < -0.39 is 0 Å². The van der Waals surface area contributed by atoms with Crippen LogP contribution in [0.2, 0.25) is 0 Å². The summed E-state index contributed by atoms with van der Waals surface area (Å²) in [6.45, 7) is 2.94. The van der Waals surface area contributed by atoms with Crippen molar-refractivity contribution in [2.75, 3.05) is 6.54 Å². The number of benzene rings is 1. The van der Waals surface area contributed by atoms with E-state index in [0.29, 0.717) is 0 Å². The number of halogens is 1. The van der Waals surface area contributed by atoms with Crippen LogP contribution in [0.4, 0.5) is 0 Å². The Kier molecular flexibility index (Phi) is 3.62. The van der Waals surface area contributed by atoms with Gasteiger partial charge in [0, 0.05) is 20.6 Å². The average molecular weight is 383 g/mol. The van der Waals surface area contributed by atoms with Crippen molar-refractivity contribution >= 4 is 39.8 Å². The van der Waals surface area contributed by atoms with Gasteiger partial charge in [-0.25, -0.2) is 0 Å². The molecule has 0 radical (unpaired) electrons.